The largest absolute Gasteiger partial charge is 0.497 e. The van der Waals surface area contributed by atoms with Gasteiger partial charge in [-0.2, -0.15) is 0 Å². The smallest absolute Gasteiger partial charge is 0.124 e. The predicted molar refractivity (Wildman–Crippen MR) is 80.3 cm³/mol. The highest BCUT2D eigenvalue weighted by Crippen LogP contribution is 2.63. The molecule has 1 aliphatic carbocycles. The van der Waals surface area contributed by atoms with E-state index in [0.717, 1.165) is 24.5 Å². The van der Waals surface area contributed by atoms with Crippen molar-refractivity contribution in [1.29, 1.82) is 0 Å². The number of hydrogen-bond acceptors (Lipinski definition) is 3. The summed E-state index contributed by atoms with van der Waals surface area (Å²) >= 11 is 0. The molecular weight excluding hydrogens is 250 g/mol. The van der Waals surface area contributed by atoms with Gasteiger partial charge < -0.3 is 14.8 Å². The minimum Gasteiger partial charge on any atom is -0.497 e. The van der Waals surface area contributed by atoms with Crippen LogP contribution in [0, 0.1) is 10.8 Å². The van der Waals surface area contributed by atoms with Crippen LogP contribution in [0.3, 0.4) is 0 Å². The Bertz CT molecular complexity index is 508. The molecule has 20 heavy (non-hydrogen) atoms. The number of nitrogens with one attached hydrogen (secondary N) is 1. The number of methoxy groups -OCH3 is 1. The van der Waals surface area contributed by atoms with Gasteiger partial charge in [-0.25, -0.2) is 0 Å². The van der Waals surface area contributed by atoms with E-state index in [-0.39, 0.29) is 0 Å². The summed E-state index contributed by atoms with van der Waals surface area (Å²) in [6.07, 6.45) is 1.02. The lowest BCUT2D eigenvalue weighted by Crippen LogP contribution is -2.31. The van der Waals surface area contributed by atoms with E-state index >= 15 is 0 Å². The van der Waals surface area contributed by atoms with E-state index in [1.54, 1.807) is 7.11 Å². The van der Waals surface area contributed by atoms with E-state index in [9.17, 15) is 0 Å². The molecule has 3 nitrogen and oxygen atoms in total. The van der Waals surface area contributed by atoms with Gasteiger partial charge in [-0.15, -0.1) is 0 Å². The fourth-order valence-electron chi connectivity index (χ4n) is 3.49. The average Bonchev–Trinajstić information content (AvgIpc) is 2.81. The Morgan fingerprint density at radius 1 is 1.20 bits per heavy atom. The van der Waals surface area contributed by atoms with Crippen molar-refractivity contribution in [3.05, 3.63) is 23.8 Å². The zero-order chi connectivity index (χ0) is 14.5. The minimum absolute atomic E-state index is 0.352. The lowest BCUT2D eigenvalue weighted by Gasteiger charge is -2.28. The van der Waals surface area contributed by atoms with Gasteiger partial charge in [0.25, 0.3) is 0 Å². The van der Waals surface area contributed by atoms with Gasteiger partial charge in [-0.05, 0) is 29.0 Å². The van der Waals surface area contributed by atoms with E-state index < -0.39 is 0 Å². The van der Waals surface area contributed by atoms with Crippen molar-refractivity contribution in [2.45, 2.75) is 46.2 Å². The Labute approximate surface area is 121 Å². The first kappa shape index (κ1) is 13.7. The first-order valence-corrected chi connectivity index (χ1v) is 7.44. The highest BCUT2D eigenvalue weighted by atomic mass is 16.5. The summed E-state index contributed by atoms with van der Waals surface area (Å²) in [5, 5.41) is 3.85. The van der Waals surface area contributed by atoms with Gasteiger partial charge in [-0.1, -0.05) is 27.7 Å². The number of hydrogen-bond donors (Lipinski definition) is 1. The second-order valence-electron chi connectivity index (χ2n) is 7.14. The predicted octanol–water partition coefficient (Wildman–Crippen LogP) is 3.54. The molecule has 3 rings (SSSR count). The molecule has 1 aliphatic heterocycles. The van der Waals surface area contributed by atoms with Crippen LogP contribution in [0.15, 0.2) is 18.2 Å². The molecule has 1 atom stereocenters. The molecule has 0 spiro atoms. The maximum Gasteiger partial charge on any atom is 0.124 e. The maximum absolute atomic E-state index is 5.76. The topological polar surface area (TPSA) is 30.5 Å². The van der Waals surface area contributed by atoms with Crippen LogP contribution in [-0.2, 0) is 0 Å². The van der Waals surface area contributed by atoms with Crippen molar-refractivity contribution >= 4 is 0 Å². The minimum atomic E-state index is 0.352. The molecule has 0 radical (unpaired) electrons. The van der Waals surface area contributed by atoms with Crippen LogP contribution < -0.4 is 14.8 Å². The van der Waals surface area contributed by atoms with Gasteiger partial charge >= 0.3 is 0 Å². The zero-order valence-electron chi connectivity index (χ0n) is 13.1. The summed E-state index contributed by atoms with van der Waals surface area (Å²) in [5.41, 5.74) is 1.93. The van der Waals surface area contributed by atoms with E-state index in [4.69, 9.17) is 9.47 Å². The molecule has 0 bridgehead atoms. The van der Waals surface area contributed by atoms with Gasteiger partial charge in [-0.3, -0.25) is 0 Å². The Balaban J connectivity index is 1.84. The van der Waals surface area contributed by atoms with Crippen molar-refractivity contribution in [2.24, 2.45) is 10.8 Å². The van der Waals surface area contributed by atoms with Gasteiger partial charge in [0.2, 0.25) is 0 Å². The van der Waals surface area contributed by atoms with Crippen molar-refractivity contribution in [3.8, 4) is 11.5 Å². The van der Waals surface area contributed by atoms with E-state index in [1.807, 2.05) is 12.1 Å². The van der Waals surface area contributed by atoms with Crippen LogP contribution in [0.2, 0.25) is 0 Å². The van der Waals surface area contributed by atoms with E-state index in [2.05, 4.69) is 39.1 Å². The molecule has 1 unspecified atom stereocenters. The van der Waals surface area contributed by atoms with E-state index in [0.29, 0.717) is 22.9 Å². The molecule has 1 heterocycles. The third kappa shape index (κ3) is 1.91. The number of benzene rings is 1. The summed E-state index contributed by atoms with van der Waals surface area (Å²) < 4.78 is 11.1. The Morgan fingerprint density at radius 2 is 1.90 bits per heavy atom. The first-order valence-electron chi connectivity index (χ1n) is 7.44. The Kier molecular flexibility index (Phi) is 3.02. The molecule has 110 valence electrons. The van der Waals surface area contributed by atoms with E-state index in [1.165, 1.54) is 5.56 Å². The Hall–Kier alpha value is -1.22. The maximum atomic E-state index is 5.76. The highest BCUT2D eigenvalue weighted by molar-refractivity contribution is 5.43. The van der Waals surface area contributed by atoms with Crippen LogP contribution in [0.1, 0.15) is 45.7 Å². The molecule has 1 N–H and O–H groups in total. The lowest BCUT2D eigenvalue weighted by molar-refractivity contribution is 0.247. The molecule has 1 aromatic carbocycles. The second kappa shape index (κ2) is 4.39. The standard InChI is InChI=1S/C17H25NO2/c1-16(2)15(17(16,3)4)18-13-8-9-20-14-7-6-11(19-5)10-12(13)14/h6-7,10,13,15,18H,8-9H2,1-5H3. The van der Waals surface area contributed by atoms with Gasteiger partial charge in [0.1, 0.15) is 11.5 Å². The fraction of sp³-hybridized carbons (Fsp3) is 0.647. The molecule has 0 saturated heterocycles. The summed E-state index contributed by atoms with van der Waals surface area (Å²) in [7, 11) is 1.71. The van der Waals surface area contributed by atoms with Crippen LogP contribution >= 0.6 is 0 Å². The molecular formula is C17H25NO2. The Morgan fingerprint density at radius 3 is 2.50 bits per heavy atom. The first-order chi connectivity index (χ1) is 9.38. The molecule has 1 saturated carbocycles. The summed E-state index contributed by atoms with van der Waals surface area (Å²) in [4.78, 5) is 0. The quantitative estimate of drug-likeness (QED) is 0.915. The van der Waals surface area contributed by atoms with Gasteiger partial charge in [0.15, 0.2) is 0 Å². The van der Waals surface area contributed by atoms with Crippen molar-refractivity contribution in [3.63, 3.8) is 0 Å². The number of fused-ring (bicyclic) bond motifs is 1. The summed E-state index contributed by atoms with van der Waals surface area (Å²) in [5.74, 6) is 1.89. The summed E-state index contributed by atoms with van der Waals surface area (Å²) in [6.45, 7) is 10.2. The van der Waals surface area contributed by atoms with Gasteiger partial charge in [0.05, 0.1) is 13.7 Å². The number of rotatable bonds is 3. The highest BCUT2D eigenvalue weighted by Gasteiger charge is 2.65. The van der Waals surface area contributed by atoms with Crippen LogP contribution in [0.5, 0.6) is 11.5 Å². The SMILES string of the molecule is COc1ccc2c(c1)C(NC1C(C)(C)C1(C)C)CCO2. The van der Waals surface area contributed by atoms with Crippen LogP contribution in [-0.4, -0.2) is 19.8 Å². The second-order valence-corrected chi connectivity index (χ2v) is 7.14. The average molecular weight is 275 g/mol. The summed E-state index contributed by atoms with van der Waals surface area (Å²) in [6, 6.07) is 7.00. The monoisotopic (exact) mass is 275 g/mol. The third-order valence-corrected chi connectivity index (χ3v) is 5.65. The third-order valence-electron chi connectivity index (χ3n) is 5.65. The number of ether oxygens (including phenoxy) is 2. The normalized spacial score (nSPS) is 26.6. The molecule has 3 heteroatoms. The fourth-order valence-corrected chi connectivity index (χ4v) is 3.49. The van der Waals surface area contributed by atoms with Crippen LogP contribution in [0.25, 0.3) is 0 Å². The van der Waals surface area contributed by atoms with Crippen molar-refractivity contribution in [2.75, 3.05) is 13.7 Å². The molecule has 0 aromatic heterocycles. The van der Waals surface area contributed by atoms with Crippen LogP contribution in [0.4, 0.5) is 0 Å². The molecule has 1 fully saturated rings. The molecule has 1 aromatic rings. The van der Waals surface area contributed by atoms with Gasteiger partial charge in [0, 0.05) is 24.1 Å². The molecule has 0 amide bonds. The van der Waals surface area contributed by atoms with Crippen molar-refractivity contribution in [1.82, 2.24) is 5.32 Å². The molecule has 2 aliphatic rings. The lowest BCUT2D eigenvalue weighted by atomic mass is 9.99. The van der Waals surface area contributed by atoms with Crippen molar-refractivity contribution < 1.29 is 9.47 Å². The zero-order valence-corrected chi connectivity index (χ0v) is 13.1.